The number of hydrogen-bond acceptors (Lipinski definition) is 1. The number of rotatable bonds is 5. The van der Waals surface area contributed by atoms with Crippen LogP contribution in [0.2, 0.25) is 0 Å². The highest BCUT2D eigenvalue weighted by atomic mass is 19.1. The number of halogens is 1. The van der Waals surface area contributed by atoms with Gasteiger partial charge in [0.05, 0.1) is 6.61 Å². The lowest BCUT2D eigenvalue weighted by molar-refractivity contribution is 0.199. The third kappa shape index (κ3) is 3.30. The molecule has 1 aromatic rings. The van der Waals surface area contributed by atoms with Crippen molar-refractivity contribution in [1.82, 2.24) is 0 Å². The first-order valence-corrected chi connectivity index (χ1v) is 4.70. The van der Waals surface area contributed by atoms with E-state index < -0.39 is 12.8 Å². The van der Waals surface area contributed by atoms with Crippen LogP contribution in [-0.2, 0) is 6.42 Å². The van der Waals surface area contributed by atoms with Crippen molar-refractivity contribution in [1.29, 1.82) is 0 Å². The molecule has 1 atom stereocenters. The Balaban J connectivity index is 2.38. The smallest absolute Gasteiger partial charge is 0.144 e. The molecule has 0 aliphatic rings. The summed E-state index contributed by atoms with van der Waals surface area (Å²) in [6.45, 7) is 3.14. The maximum absolute atomic E-state index is 12.9. The first-order valence-electron chi connectivity index (χ1n) is 4.70. The largest absolute Gasteiger partial charge is 0.393 e. The van der Waals surface area contributed by atoms with Crippen LogP contribution in [0.25, 0.3) is 0 Å². The van der Waals surface area contributed by atoms with Crippen LogP contribution < -0.4 is 0 Å². The van der Waals surface area contributed by atoms with Crippen LogP contribution in [0.5, 0.6) is 0 Å². The number of benzene rings is 1. The zero-order valence-corrected chi connectivity index (χ0v) is 8.12. The molecule has 0 unspecified atom stereocenters. The molecule has 0 aliphatic heterocycles. The van der Waals surface area contributed by atoms with E-state index >= 15 is 0 Å². The molecule has 0 fully saturated rings. The van der Waals surface area contributed by atoms with Crippen molar-refractivity contribution in [3.05, 3.63) is 48.0 Å². The summed E-state index contributed by atoms with van der Waals surface area (Å²) in [4.78, 5) is 0. The van der Waals surface area contributed by atoms with Crippen LogP contribution >= 0.6 is 0 Å². The lowest BCUT2D eigenvalue weighted by Crippen LogP contribution is -2.09. The molecular weight excluding hydrogens is 179 g/mol. The van der Waals surface area contributed by atoms with Gasteiger partial charge in [-0.1, -0.05) is 36.9 Å². The van der Waals surface area contributed by atoms with Crippen molar-refractivity contribution < 1.29 is 9.50 Å². The Morgan fingerprint density at radius 2 is 2.00 bits per heavy atom. The van der Waals surface area contributed by atoms with Gasteiger partial charge in [0.2, 0.25) is 0 Å². The Labute approximate surface area is 83.9 Å². The van der Waals surface area contributed by atoms with E-state index in [1.807, 2.05) is 30.3 Å². The average Bonchev–Trinajstić information content (AvgIpc) is 2.26. The van der Waals surface area contributed by atoms with Crippen molar-refractivity contribution in [3.63, 3.8) is 0 Å². The number of aryl methyl sites for hydroxylation is 1. The summed E-state index contributed by atoms with van der Waals surface area (Å²) >= 11 is 0. The molecule has 0 aliphatic carbocycles. The molecule has 0 amide bonds. The Hall–Kier alpha value is -1.15. The van der Waals surface area contributed by atoms with Crippen LogP contribution in [0.4, 0.5) is 4.39 Å². The van der Waals surface area contributed by atoms with Gasteiger partial charge in [0.15, 0.2) is 0 Å². The van der Waals surface area contributed by atoms with E-state index in [1.165, 1.54) is 5.56 Å². The Morgan fingerprint density at radius 3 is 2.57 bits per heavy atom. The van der Waals surface area contributed by atoms with Gasteiger partial charge in [-0.3, -0.25) is 0 Å². The van der Waals surface area contributed by atoms with Gasteiger partial charge in [0.25, 0.3) is 0 Å². The second-order valence-corrected chi connectivity index (χ2v) is 3.29. The second kappa shape index (κ2) is 5.55. The molecule has 2 heteroatoms. The quantitative estimate of drug-likeness (QED) is 0.714. The molecule has 0 heterocycles. The first-order chi connectivity index (χ1) is 6.74. The van der Waals surface area contributed by atoms with Gasteiger partial charge in [0, 0.05) is 0 Å². The zero-order chi connectivity index (χ0) is 10.4. The van der Waals surface area contributed by atoms with Crippen LogP contribution in [-0.4, -0.2) is 17.9 Å². The van der Waals surface area contributed by atoms with Crippen LogP contribution in [0.3, 0.4) is 0 Å². The van der Waals surface area contributed by atoms with Gasteiger partial charge in [-0.15, -0.1) is 0 Å². The maximum atomic E-state index is 12.9. The van der Waals surface area contributed by atoms with Gasteiger partial charge in [-0.2, -0.15) is 0 Å². The summed E-state index contributed by atoms with van der Waals surface area (Å²) in [7, 11) is 0. The summed E-state index contributed by atoms with van der Waals surface area (Å²) < 4.78 is 12.9. The molecule has 1 rings (SSSR count). The van der Waals surface area contributed by atoms with Gasteiger partial charge in [-0.25, -0.2) is 4.39 Å². The normalized spacial score (nSPS) is 12.4. The summed E-state index contributed by atoms with van der Waals surface area (Å²) in [6.07, 6.45) is 0.0879. The average molecular weight is 194 g/mol. The minimum Gasteiger partial charge on any atom is -0.393 e. The summed E-state index contributed by atoms with van der Waals surface area (Å²) in [6, 6.07) is 9.86. The van der Waals surface area contributed by atoms with Crippen LogP contribution in [0, 0.1) is 0 Å². The molecule has 1 aromatic carbocycles. The molecule has 1 N–H and O–H groups in total. The summed E-state index contributed by atoms with van der Waals surface area (Å²) in [5, 5.41) is 8.57. The molecule has 0 radical (unpaired) electrons. The van der Waals surface area contributed by atoms with Crippen LogP contribution in [0.1, 0.15) is 12.0 Å². The molecule has 1 nitrogen and oxygen atoms in total. The van der Waals surface area contributed by atoms with Crippen molar-refractivity contribution in [2.45, 2.75) is 19.0 Å². The highest BCUT2D eigenvalue weighted by molar-refractivity contribution is 5.16. The van der Waals surface area contributed by atoms with Gasteiger partial charge < -0.3 is 5.11 Å². The fourth-order valence-electron chi connectivity index (χ4n) is 1.24. The first kappa shape index (κ1) is 10.9. The number of hydrogen-bond donors (Lipinski definition) is 1. The molecular formula is C12H15FO. The Morgan fingerprint density at radius 1 is 1.36 bits per heavy atom. The van der Waals surface area contributed by atoms with Crippen molar-refractivity contribution in [3.8, 4) is 0 Å². The standard InChI is InChI=1S/C12H15FO/c1-10(12(13)9-14)7-8-11-5-3-2-4-6-11/h2-6,12,14H,1,7-9H2/t12-/m0/s1. The molecule has 14 heavy (non-hydrogen) atoms. The SMILES string of the molecule is C=C(CCc1ccccc1)[C@@H](F)CO. The predicted molar refractivity (Wildman–Crippen MR) is 55.9 cm³/mol. The molecule has 0 bridgehead atoms. The third-order valence-electron chi connectivity index (χ3n) is 2.18. The molecule has 0 aromatic heterocycles. The van der Waals surface area contributed by atoms with Gasteiger partial charge in [0.1, 0.15) is 6.17 Å². The van der Waals surface area contributed by atoms with E-state index in [4.69, 9.17) is 5.11 Å². The van der Waals surface area contributed by atoms with Crippen LogP contribution in [0.15, 0.2) is 42.5 Å². The second-order valence-electron chi connectivity index (χ2n) is 3.29. The van der Waals surface area contributed by atoms with Crippen molar-refractivity contribution in [2.75, 3.05) is 6.61 Å². The fraction of sp³-hybridized carbons (Fsp3) is 0.333. The Bertz CT molecular complexity index is 282. The van der Waals surface area contributed by atoms with Crippen molar-refractivity contribution in [2.24, 2.45) is 0 Å². The van der Waals surface area contributed by atoms with E-state index in [2.05, 4.69) is 6.58 Å². The number of aliphatic hydroxyl groups is 1. The summed E-state index contributed by atoms with van der Waals surface area (Å²) in [5.41, 5.74) is 1.63. The van der Waals surface area contributed by atoms with E-state index in [0.29, 0.717) is 12.0 Å². The number of alkyl halides is 1. The highest BCUT2D eigenvalue weighted by Gasteiger charge is 2.08. The van der Waals surface area contributed by atoms with E-state index in [0.717, 1.165) is 6.42 Å². The maximum Gasteiger partial charge on any atom is 0.144 e. The zero-order valence-electron chi connectivity index (χ0n) is 8.12. The Kier molecular flexibility index (Phi) is 4.33. The lowest BCUT2D eigenvalue weighted by atomic mass is 10.0. The summed E-state index contributed by atoms with van der Waals surface area (Å²) in [5.74, 6) is 0. The topological polar surface area (TPSA) is 20.2 Å². The monoisotopic (exact) mass is 194 g/mol. The molecule has 0 saturated heterocycles. The van der Waals surface area contributed by atoms with E-state index in [9.17, 15) is 4.39 Å². The molecule has 76 valence electrons. The predicted octanol–water partition coefficient (Wildman–Crippen LogP) is 2.51. The lowest BCUT2D eigenvalue weighted by Gasteiger charge is -2.08. The number of aliphatic hydroxyl groups excluding tert-OH is 1. The van der Waals surface area contributed by atoms with E-state index in [-0.39, 0.29) is 0 Å². The minimum absolute atomic E-state index is 0.465. The van der Waals surface area contributed by atoms with E-state index in [1.54, 1.807) is 0 Å². The van der Waals surface area contributed by atoms with Crippen molar-refractivity contribution >= 4 is 0 Å². The third-order valence-corrected chi connectivity index (χ3v) is 2.18. The van der Waals surface area contributed by atoms with Gasteiger partial charge >= 0.3 is 0 Å². The highest BCUT2D eigenvalue weighted by Crippen LogP contribution is 2.12. The fourth-order valence-corrected chi connectivity index (χ4v) is 1.24. The van der Waals surface area contributed by atoms with Gasteiger partial charge in [-0.05, 0) is 24.0 Å². The molecule has 0 saturated carbocycles. The molecule has 0 spiro atoms. The minimum atomic E-state index is -1.28.